The molecule has 0 spiro atoms. The molecule has 2 heterocycles. The fourth-order valence-electron chi connectivity index (χ4n) is 2.94. The van der Waals surface area contributed by atoms with Crippen LogP contribution in [0.1, 0.15) is 39.3 Å². The molecule has 1 aliphatic rings. The van der Waals surface area contributed by atoms with E-state index in [0.29, 0.717) is 23.7 Å². The Hall–Kier alpha value is -2.60. The maximum atomic E-state index is 12.3. The first-order valence-electron chi connectivity index (χ1n) is 8.58. The number of benzene rings is 1. The molecule has 25 heavy (non-hydrogen) atoms. The maximum Gasteiger partial charge on any atom is 0.291 e. The molecule has 2 aromatic rings. The number of furan rings is 1. The van der Waals surface area contributed by atoms with Crippen LogP contribution in [0.15, 0.2) is 41.0 Å². The van der Waals surface area contributed by atoms with Gasteiger partial charge in [-0.25, -0.2) is 0 Å². The lowest BCUT2D eigenvalue weighted by Crippen LogP contribution is -2.26. The van der Waals surface area contributed by atoms with Gasteiger partial charge in [-0.3, -0.25) is 9.59 Å². The normalized spacial score (nSPS) is 16.6. The van der Waals surface area contributed by atoms with Crippen molar-refractivity contribution < 1.29 is 14.0 Å². The van der Waals surface area contributed by atoms with Gasteiger partial charge < -0.3 is 20.4 Å². The number of carbonyl (C=O) groups is 2. The summed E-state index contributed by atoms with van der Waals surface area (Å²) in [7, 11) is 0. The second-order valence-electron chi connectivity index (χ2n) is 6.36. The summed E-state index contributed by atoms with van der Waals surface area (Å²) < 4.78 is 5.09. The summed E-state index contributed by atoms with van der Waals surface area (Å²) in [6.07, 6.45) is 3.60. The van der Waals surface area contributed by atoms with Gasteiger partial charge in [-0.05, 0) is 68.6 Å². The van der Waals surface area contributed by atoms with Crippen LogP contribution < -0.4 is 16.0 Å². The second kappa shape index (κ2) is 7.98. The summed E-state index contributed by atoms with van der Waals surface area (Å²) >= 11 is 0. The van der Waals surface area contributed by atoms with E-state index < -0.39 is 0 Å². The number of carbonyl (C=O) groups excluding carboxylic acids is 2. The SMILES string of the molecule is Cc1ccc(C(=O)NCCC2CCNC2)cc1NC(=O)c1ccco1. The quantitative estimate of drug-likeness (QED) is 0.754. The van der Waals surface area contributed by atoms with E-state index in [-0.39, 0.29) is 17.6 Å². The van der Waals surface area contributed by atoms with Crippen LogP contribution in [0.4, 0.5) is 5.69 Å². The Morgan fingerprint density at radius 3 is 2.88 bits per heavy atom. The van der Waals surface area contributed by atoms with Crippen molar-refractivity contribution >= 4 is 17.5 Å². The Labute approximate surface area is 147 Å². The Bertz CT molecular complexity index is 734. The molecule has 3 rings (SSSR count). The first kappa shape index (κ1) is 17.2. The zero-order valence-electron chi connectivity index (χ0n) is 14.3. The summed E-state index contributed by atoms with van der Waals surface area (Å²) in [6.45, 7) is 4.64. The lowest BCUT2D eigenvalue weighted by molar-refractivity contribution is 0.0949. The molecule has 0 radical (unpaired) electrons. The summed E-state index contributed by atoms with van der Waals surface area (Å²) in [4.78, 5) is 24.5. The Balaban J connectivity index is 1.59. The lowest BCUT2D eigenvalue weighted by atomic mass is 10.0. The summed E-state index contributed by atoms with van der Waals surface area (Å²) in [5.41, 5.74) is 2.02. The smallest absolute Gasteiger partial charge is 0.291 e. The molecule has 1 fully saturated rings. The first-order chi connectivity index (χ1) is 12.1. The van der Waals surface area contributed by atoms with Crippen LogP contribution in [0.2, 0.25) is 0 Å². The van der Waals surface area contributed by atoms with Crippen LogP contribution in [0.5, 0.6) is 0 Å². The van der Waals surface area contributed by atoms with Gasteiger partial charge in [0.15, 0.2) is 5.76 Å². The van der Waals surface area contributed by atoms with Gasteiger partial charge in [-0.1, -0.05) is 6.07 Å². The van der Waals surface area contributed by atoms with E-state index in [4.69, 9.17) is 4.42 Å². The van der Waals surface area contributed by atoms with Crippen molar-refractivity contribution in [2.75, 3.05) is 25.0 Å². The van der Waals surface area contributed by atoms with Crippen LogP contribution in [-0.2, 0) is 0 Å². The Morgan fingerprint density at radius 1 is 1.28 bits per heavy atom. The lowest BCUT2D eigenvalue weighted by Gasteiger charge is -2.12. The van der Waals surface area contributed by atoms with Gasteiger partial charge in [-0.15, -0.1) is 0 Å². The van der Waals surface area contributed by atoms with Crippen LogP contribution in [0, 0.1) is 12.8 Å². The highest BCUT2D eigenvalue weighted by Crippen LogP contribution is 2.18. The van der Waals surface area contributed by atoms with Crippen LogP contribution in [-0.4, -0.2) is 31.4 Å². The molecule has 1 aliphatic heterocycles. The minimum Gasteiger partial charge on any atom is -0.459 e. The number of amides is 2. The molecule has 3 N–H and O–H groups in total. The molecule has 0 aliphatic carbocycles. The minimum absolute atomic E-state index is 0.126. The molecule has 0 saturated carbocycles. The monoisotopic (exact) mass is 341 g/mol. The molecule has 1 atom stereocenters. The Morgan fingerprint density at radius 2 is 2.16 bits per heavy atom. The number of nitrogens with one attached hydrogen (secondary N) is 3. The van der Waals surface area contributed by atoms with Crippen molar-refractivity contribution in [2.24, 2.45) is 5.92 Å². The van der Waals surface area contributed by atoms with Crippen molar-refractivity contribution in [2.45, 2.75) is 19.8 Å². The van der Waals surface area contributed by atoms with Crippen molar-refractivity contribution in [3.63, 3.8) is 0 Å². The largest absolute Gasteiger partial charge is 0.459 e. The summed E-state index contributed by atoms with van der Waals surface area (Å²) in [6, 6.07) is 8.55. The predicted molar refractivity (Wildman–Crippen MR) is 95.8 cm³/mol. The van der Waals surface area contributed by atoms with E-state index in [1.165, 1.54) is 12.7 Å². The fraction of sp³-hybridized carbons (Fsp3) is 0.368. The van der Waals surface area contributed by atoms with E-state index in [9.17, 15) is 9.59 Å². The highest BCUT2D eigenvalue weighted by molar-refractivity contribution is 6.03. The van der Waals surface area contributed by atoms with Crippen LogP contribution >= 0.6 is 0 Å². The highest BCUT2D eigenvalue weighted by Gasteiger charge is 2.15. The molecular weight excluding hydrogens is 318 g/mol. The van der Waals surface area contributed by atoms with E-state index >= 15 is 0 Å². The van der Waals surface area contributed by atoms with Gasteiger partial charge >= 0.3 is 0 Å². The van der Waals surface area contributed by atoms with Crippen molar-refractivity contribution in [1.82, 2.24) is 10.6 Å². The van der Waals surface area contributed by atoms with Gasteiger partial charge in [-0.2, -0.15) is 0 Å². The van der Waals surface area contributed by atoms with Gasteiger partial charge in [0, 0.05) is 17.8 Å². The average molecular weight is 341 g/mol. The number of rotatable bonds is 6. The van der Waals surface area contributed by atoms with E-state index in [0.717, 1.165) is 25.1 Å². The van der Waals surface area contributed by atoms with Crippen molar-refractivity contribution in [1.29, 1.82) is 0 Å². The fourth-order valence-corrected chi connectivity index (χ4v) is 2.94. The molecule has 6 nitrogen and oxygen atoms in total. The molecule has 1 saturated heterocycles. The van der Waals surface area contributed by atoms with Crippen LogP contribution in [0.25, 0.3) is 0 Å². The minimum atomic E-state index is -0.334. The molecule has 6 heteroatoms. The summed E-state index contributed by atoms with van der Waals surface area (Å²) in [5.74, 6) is 0.416. The van der Waals surface area contributed by atoms with Gasteiger partial charge in [0.05, 0.1) is 6.26 Å². The average Bonchev–Trinajstić information content (AvgIpc) is 3.30. The van der Waals surface area contributed by atoms with Gasteiger partial charge in [0.2, 0.25) is 0 Å². The zero-order valence-corrected chi connectivity index (χ0v) is 14.3. The van der Waals surface area contributed by atoms with Crippen LogP contribution in [0.3, 0.4) is 0 Å². The standard InChI is InChI=1S/C19H23N3O3/c1-13-4-5-15(18(23)21-9-7-14-6-8-20-12-14)11-16(13)22-19(24)17-3-2-10-25-17/h2-5,10-11,14,20H,6-9,12H2,1H3,(H,21,23)(H,22,24). The Kier molecular flexibility index (Phi) is 5.50. The maximum absolute atomic E-state index is 12.3. The van der Waals surface area contributed by atoms with Gasteiger partial charge in [0.1, 0.15) is 0 Å². The third kappa shape index (κ3) is 4.48. The van der Waals surface area contributed by atoms with E-state index in [1.54, 1.807) is 24.3 Å². The van der Waals surface area contributed by atoms with E-state index in [2.05, 4.69) is 16.0 Å². The number of aryl methyl sites for hydroxylation is 1. The molecule has 1 aromatic heterocycles. The molecule has 1 aromatic carbocycles. The highest BCUT2D eigenvalue weighted by atomic mass is 16.3. The number of hydrogen-bond acceptors (Lipinski definition) is 4. The third-order valence-corrected chi connectivity index (χ3v) is 4.49. The molecule has 2 amide bonds. The molecule has 0 bridgehead atoms. The topological polar surface area (TPSA) is 83.4 Å². The van der Waals surface area contributed by atoms with Crippen molar-refractivity contribution in [3.05, 3.63) is 53.5 Å². The predicted octanol–water partition coefficient (Wildman–Crippen LogP) is 2.57. The number of hydrogen-bond donors (Lipinski definition) is 3. The molecule has 132 valence electrons. The summed E-state index contributed by atoms with van der Waals surface area (Å²) in [5, 5.41) is 9.07. The second-order valence-corrected chi connectivity index (χ2v) is 6.36. The zero-order chi connectivity index (χ0) is 17.6. The first-order valence-corrected chi connectivity index (χ1v) is 8.58. The van der Waals surface area contributed by atoms with E-state index in [1.807, 2.05) is 13.0 Å². The molecular formula is C19H23N3O3. The van der Waals surface area contributed by atoms with Crippen molar-refractivity contribution in [3.8, 4) is 0 Å². The van der Waals surface area contributed by atoms with Gasteiger partial charge in [0.25, 0.3) is 11.8 Å². The number of anilines is 1. The third-order valence-electron chi connectivity index (χ3n) is 4.49. The molecule has 1 unspecified atom stereocenters.